The molecule has 1 saturated carbocycles. The maximum absolute atomic E-state index is 13.0. The van der Waals surface area contributed by atoms with Gasteiger partial charge in [0.1, 0.15) is 5.82 Å². The first-order valence-electron chi connectivity index (χ1n) is 7.29. The number of nitrogens with one attached hydrogen (secondary N) is 1. The summed E-state index contributed by atoms with van der Waals surface area (Å²) < 4.78 is 18.6. The summed E-state index contributed by atoms with van der Waals surface area (Å²) >= 11 is 0. The second kappa shape index (κ2) is 7.61. The zero-order valence-corrected chi connectivity index (χ0v) is 11.7. The van der Waals surface area contributed by atoms with Crippen LogP contribution in [0, 0.1) is 11.7 Å². The summed E-state index contributed by atoms with van der Waals surface area (Å²) in [5, 5.41) is 3.45. The van der Waals surface area contributed by atoms with E-state index in [9.17, 15) is 4.39 Å². The number of hydrogen-bond acceptors (Lipinski definition) is 2. The molecule has 0 aliphatic heterocycles. The molecular weight excluding hydrogens is 241 g/mol. The maximum Gasteiger partial charge on any atom is 0.123 e. The van der Waals surface area contributed by atoms with Gasteiger partial charge in [-0.05, 0) is 62.8 Å². The molecule has 0 bridgehead atoms. The first-order chi connectivity index (χ1) is 9.24. The third kappa shape index (κ3) is 6.17. The molecule has 0 aromatic heterocycles. The Bertz CT molecular complexity index is 379. The first-order valence-corrected chi connectivity index (χ1v) is 7.29. The highest BCUT2D eigenvalue weighted by Crippen LogP contribution is 2.28. The van der Waals surface area contributed by atoms with Crippen LogP contribution in [0.4, 0.5) is 4.39 Å². The Labute approximate surface area is 115 Å². The molecule has 1 N–H and O–H groups in total. The van der Waals surface area contributed by atoms with Crippen LogP contribution in [0.3, 0.4) is 0 Å². The fraction of sp³-hybridized carbons (Fsp3) is 0.625. The summed E-state index contributed by atoms with van der Waals surface area (Å²) in [6.45, 7) is 4.88. The molecule has 0 spiro atoms. The van der Waals surface area contributed by atoms with Crippen molar-refractivity contribution in [2.24, 2.45) is 5.92 Å². The number of ether oxygens (including phenoxy) is 1. The molecule has 0 heterocycles. The zero-order chi connectivity index (χ0) is 13.5. The van der Waals surface area contributed by atoms with Crippen molar-refractivity contribution in [3.05, 3.63) is 35.6 Å². The Morgan fingerprint density at radius 2 is 2.26 bits per heavy atom. The largest absolute Gasteiger partial charge is 0.381 e. The number of rotatable bonds is 9. The van der Waals surface area contributed by atoms with Gasteiger partial charge >= 0.3 is 0 Å². The third-order valence-electron chi connectivity index (χ3n) is 3.44. The zero-order valence-electron chi connectivity index (χ0n) is 11.7. The fourth-order valence-electron chi connectivity index (χ4n) is 2.15. The minimum atomic E-state index is -0.154. The normalized spacial score (nSPS) is 16.5. The molecule has 3 heteroatoms. The molecule has 1 fully saturated rings. The van der Waals surface area contributed by atoms with Gasteiger partial charge in [0.2, 0.25) is 0 Å². The standard InChI is InChI=1S/C16H24FNO/c1-13(10-15-4-2-5-16(17)11-15)18-8-3-9-19-12-14-6-7-14/h2,4-5,11,13-14,18H,3,6-10,12H2,1H3. The van der Waals surface area contributed by atoms with E-state index >= 15 is 0 Å². The van der Waals surface area contributed by atoms with E-state index in [0.717, 1.165) is 44.1 Å². The van der Waals surface area contributed by atoms with Gasteiger partial charge in [-0.25, -0.2) is 4.39 Å². The van der Waals surface area contributed by atoms with Crippen LogP contribution in [0.1, 0.15) is 31.7 Å². The van der Waals surface area contributed by atoms with E-state index in [4.69, 9.17) is 4.74 Å². The Balaban J connectivity index is 1.52. The second-order valence-corrected chi connectivity index (χ2v) is 5.56. The molecule has 0 radical (unpaired) electrons. The Kier molecular flexibility index (Phi) is 5.80. The third-order valence-corrected chi connectivity index (χ3v) is 3.44. The summed E-state index contributed by atoms with van der Waals surface area (Å²) in [6.07, 6.45) is 4.60. The van der Waals surface area contributed by atoms with Gasteiger partial charge in [0.05, 0.1) is 0 Å². The predicted molar refractivity (Wildman–Crippen MR) is 75.7 cm³/mol. The molecule has 106 valence electrons. The van der Waals surface area contributed by atoms with Gasteiger partial charge in [0.25, 0.3) is 0 Å². The average molecular weight is 265 g/mol. The van der Waals surface area contributed by atoms with Gasteiger partial charge in [-0.2, -0.15) is 0 Å². The summed E-state index contributed by atoms with van der Waals surface area (Å²) in [5.41, 5.74) is 1.05. The van der Waals surface area contributed by atoms with E-state index in [0.29, 0.717) is 6.04 Å². The van der Waals surface area contributed by atoms with Crippen molar-refractivity contribution < 1.29 is 9.13 Å². The lowest BCUT2D eigenvalue weighted by Crippen LogP contribution is -2.29. The molecule has 2 rings (SSSR count). The van der Waals surface area contributed by atoms with E-state index in [2.05, 4.69) is 12.2 Å². The topological polar surface area (TPSA) is 21.3 Å². The van der Waals surface area contributed by atoms with Gasteiger partial charge in [0.15, 0.2) is 0 Å². The Hall–Kier alpha value is -0.930. The SMILES string of the molecule is CC(Cc1cccc(F)c1)NCCCOCC1CC1. The van der Waals surface area contributed by atoms with Crippen LogP contribution in [-0.2, 0) is 11.2 Å². The molecular formula is C16H24FNO. The highest BCUT2D eigenvalue weighted by Gasteiger charge is 2.20. The molecule has 1 aliphatic rings. The van der Waals surface area contributed by atoms with Crippen molar-refractivity contribution in [2.75, 3.05) is 19.8 Å². The lowest BCUT2D eigenvalue weighted by atomic mass is 10.1. The fourth-order valence-corrected chi connectivity index (χ4v) is 2.15. The van der Waals surface area contributed by atoms with Crippen LogP contribution in [0.2, 0.25) is 0 Å². The molecule has 1 unspecified atom stereocenters. The van der Waals surface area contributed by atoms with Crippen molar-refractivity contribution in [1.29, 1.82) is 0 Å². The lowest BCUT2D eigenvalue weighted by molar-refractivity contribution is 0.121. The van der Waals surface area contributed by atoms with E-state index in [1.807, 2.05) is 6.07 Å². The molecule has 2 nitrogen and oxygen atoms in total. The van der Waals surface area contributed by atoms with E-state index in [1.54, 1.807) is 12.1 Å². The molecule has 19 heavy (non-hydrogen) atoms. The number of benzene rings is 1. The summed E-state index contributed by atoms with van der Waals surface area (Å²) in [5.74, 6) is 0.693. The molecule has 0 amide bonds. The van der Waals surface area contributed by atoms with Crippen molar-refractivity contribution in [2.45, 2.75) is 38.6 Å². The van der Waals surface area contributed by atoms with Crippen LogP contribution in [0.25, 0.3) is 0 Å². The summed E-state index contributed by atoms with van der Waals surface area (Å²) in [7, 11) is 0. The lowest BCUT2D eigenvalue weighted by Gasteiger charge is -2.14. The van der Waals surface area contributed by atoms with E-state index < -0.39 is 0 Å². The van der Waals surface area contributed by atoms with E-state index in [1.165, 1.54) is 18.9 Å². The number of hydrogen-bond donors (Lipinski definition) is 1. The summed E-state index contributed by atoms with van der Waals surface area (Å²) in [6, 6.07) is 7.20. The number of halogens is 1. The van der Waals surface area contributed by atoms with Crippen LogP contribution in [0.5, 0.6) is 0 Å². The van der Waals surface area contributed by atoms with Crippen LogP contribution >= 0.6 is 0 Å². The molecule has 0 saturated heterocycles. The van der Waals surface area contributed by atoms with Gasteiger partial charge in [-0.15, -0.1) is 0 Å². The maximum atomic E-state index is 13.0. The van der Waals surface area contributed by atoms with Crippen molar-refractivity contribution in [3.8, 4) is 0 Å². The van der Waals surface area contributed by atoms with Gasteiger partial charge in [-0.3, -0.25) is 0 Å². The Morgan fingerprint density at radius 3 is 3.00 bits per heavy atom. The minimum Gasteiger partial charge on any atom is -0.381 e. The van der Waals surface area contributed by atoms with Crippen LogP contribution in [0.15, 0.2) is 24.3 Å². The average Bonchev–Trinajstić information content (AvgIpc) is 3.17. The first kappa shape index (κ1) is 14.5. The highest BCUT2D eigenvalue weighted by molar-refractivity contribution is 5.17. The second-order valence-electron chi connectivity index (χ2n) is 5.56. The predicted octanol–water partition coefficient (Wildman–Crippen LogP) is 3.16. The van der Waals surface area contributed by atoms with Crippen LogP contribution < -0.4 is 5.32 Å². The van der Waals surface area contributed by atoms with Crippen molar-refractivity contribution >= 4 is 0 Å². The quantitative estimate of drug-likeness (QED) is 0.692. The highest BCUT2D eigenvalue weighted by atomic mass is 19.1. The van der Waals surface area contributed by atoms with E-state index in [-0.39, 0.29) is 5.82 Å². The Morgan fingerprint density at radius 1 is 1.42 bits per heavy atom. The summed E-state index contributed by atoms with van der Waals surface area (Å²) in [4.78, 5) is 0. The molecule has 1 aliphatic carbocycles. The minimum absolute atomic E-state index is 0.154. The van der Waals surface area contributed by atoms with Crippen LogP contribution in [-0.4, -0.2) is 25.8 Å². The molecule has 1 aromatic rings. The van der Waals surface area contributed by atoms with Gasteiger partial charge in [0, 0.05) is 19.3 Å². The van der Waals surface area contributed by atoms with Gasteiger partial charge in [-0.1, -0.05) is 12.1 Å². The smallest absolute Gasteiger partial charge is 0.123 e. The monoisotopic (exact) mass is 265 g/mol. The van der Waals surface area contributed by atoms with Crippen molar-refractivity contribution in [1.82, 2.24) is 5.32 Å². The molecule has 1 aromatic carbocycles. The molecule has 1 atom stereocenters. The van der Waals surface area contributed by atoms with Crippen molar-refractivity contribution in [3.63, 3.8) is 0 Å². The van der Waals surface area contributed by atoms with Gasteiger partial charge < -0.3 is 10.1 Å².